The lowest BCUT2D eigenvalue weighted by Crippen LogP contribution is -1.92. The van der Waals surface area contributed by atoms with Gasteiger partial charge in [-0.25, -0.2) is 9.97 Å². The van der Waals surface area contributed by atoms with E-state index < -0.39 is 0 Å². The van der Waals surface area contributed by atoms with Gasteiger partial charge in [-0.15, -0.1) is 0 Å². The van der Waals surface area contributed by atoms with Crippen molar-refractivity contribution in [1.29, 1.82) is 5.26 Å². The summed E-state index contributed by atoms with van der Waals surface area (Å²) >= 11 is 0. The zero-order valence-corrected chi connectivity index (χ0v) is 13.9. The third-order valence-electron chi connectivity index (χ3n) is 4.17. The first kappa shape index (κ1) is 15.7. The summed E-state index contributed by atoms with van der Waals surface area (Å²) < 4.78 is 11.2. The van der Waals surface area contributed by atoms with Gasteiger partial charge in [0.1, 0.15) is 23.7 Å². The number of nitrogen functional groups attached to an aromatic ring is 1. The highest BCUT2D eigenvalue weighted by Crippen LogP contribution is 2.42. The summed E-state index contributed by atoms with van der Waals surface area (Å²) in [6.45, 7) is 0. The Kier molecular flexibility index (Phi) is 3.75. The van der Waals surface area contributed by atoms with Crippen LogP contribution in [0, 0.1) is 11.3 Å². The van der Waals surface area contributed by atoms with Crippen LogP contribution in [0.1, 0.15) is 5.56 Å². The third-order valence-corrected chi connectivity index (χ3v) is 4.17. The second kappa shape index (κ2) is 6.22. The van der Waals surface area contributed by atoms with Crippen LogP contribution in [0.2, 0.25) is 0 Å². The van der Waals surface area contributed by atoms with Gasteiger partial charge in [-0.3, -0.25) is 0 Å². The van der Waals surface area contributed by atoms with Gasteiger partial charge < -0.3 is 14.9 Å². The molecule has 0 aliphatic carbocycles. The smallest absolute Gasteiger partial charge is 0.232 e. The molecule has 0 fully saturated rings. The number of nitriles is 1. The molecule has 0 saturated carbocycles. The maximum Gasteiger partial charge on any atom is 0.232 e. The Morgan fingerprint density at radius 1 is 1.00 bits per heavy atom. The van der Waals surface area contributed by atoms with E-state index >= 15 is 0 Å². The number of methoxy groups -OCH3 is 1. The molecule has 6 heteroatoms. The number of ether oxygens (including phenoxy) is 1. The summed E-state index contributed by atoms with van der Waals surface area (Å²) in [6.07, 6.45) is 1.38. The summed E-state index contributed by atoms with van der Waals surface area (Å²) in [5, 5.41) is 9.69. The molecule has 0 aliphatic rings. The van der Waals surface area contributed by atoms with E-state index in [9.17, 15) is 0 Å². The van der Waals surface area contributed by atoms with E-state index in [-0.39, 0.29) is 0 Å². The zero-order valence-electron chi connectivity index (χ0n) is 13.9. The zero-order chi connectivity index (χ0) is 18.1. The molecule has 0 aliphatic heterocycles. The third kappa shape index (κ3) is 2.52. The lowest BCUT2D eigenvalue weighted by atomic mass is 9.98. The van der Waals surface area contributed by atoms with E-state index in [1.54, 1.807) is 19.2 Å². The maximum atomic E-state index is 9.04. The first-order chi connectivity index (χ1) is 12.7. The second-order valence-electron chi connectivity index (χ2n) is 5.66. The summed E-state index contributed by atoms with van der Waals surface area (Å²) in [7, 11) is 1.62. The number of nitrogens with two attached hydrogens (primary N) is 1. The molecular weight excluding hydrogens is 328 g/mol. The van der Waals surface area contributed by atoms with Crippen LogP contribution in [-0.4, -0.2) is 17.1 Å². The van der Waals surface area contributed by atoms with E-state index in [1.165, 1.54) is 6.33 Å². The molecule has 0 saturated heterocycles. The fraction of sp³-hybridized carbons (Fsp3) is 0.0500. The Labute approximate surface area is 149 Å². The topological polar surface area (TPSA) is 98.0 Å². The standard InChI is InChI=1S/C20H14N4O2/c1-25-15-8-6-14(7-9-15)18-16(13-4-2-12(10-21)3-5-13)17-19(22)23-11-24-20(17)26-18/h2-9,11H,1H3,(H2,22,23,24). The van der Waals surface area contributed by atoms with Crippen molar-refractivity contribution < 1.29 is 9.15 Å². The van der Waals surface area contributed by atoms with Gasteiger partial charge in [-0.05, 0) is 42.0 Å². The van der Waals surface area contributed by atoms with Crippen molar-refractivity contribution in [3.63, 3.8) is 0 Å². The molecule has 2 N–H and O–H groups in total. The summed E-state index contributed by atoms with van der Waals surface area (Å²) in [4.78, 5) is 8.30. The molecule has 0 atom stereocenters. The van der Waals surface area contributed by atoms with Gasteiger partial charge in [0.25, 0.3) is 0 Å². The number of hydrogen-bond donors (Lipinski definition) is 1. The Bertz CT molecular complexity index is 1120. The van der Waals surface area contributed by atoms with Gasteiger partial charge in [0.2, 0.25) is 5.71 Å². The van der Waals surface area contributed by atoms with Crippen LogP contribution in [0.3, 0.4) is 0 Å². The van der Waals surface area contributed by atoms with Gasteiger partial charge in [0.15, 0.2) is 0 Å². The average Bonchev–Trinajstić information content (AvgIpc) is 3.09. The molecule has 0 spiro atoms. The molecule has 0 amide bonds. The Hall–Kier alpha value is -3.85. The van der Waals surface area contributed by atoms with Crippen LogP contribution >= 0.6 is 0 Å². The van der Waals surface area contributed by atoms with Crippen molar-refractivity contribution in [2.75, 3.05) is 12.8 Å². The van der Waals surface area contributed by atoms with Crippen molar-refractivity contribution in [3.8, 4) is 34.3 Å². The number of aromatic nitrogens is 2. The van der Waals surface area contributed by atoms with Gasteiger partial charge in [-0.1, -0.05) is 12.1 Å². The van der Waals surface area contributed by atoms with Crippen LogP contribution < -0.4 is 10.5 Å². The number of furan rings is 1. The molecule has 2 aromatic carbocycles. The van der Waals surface area contributed by atoms with E-state index in [0.717, 1.165) is 22.4 Å². The van der Waals surface area contributed by atoms with Gasteiger partial charge in [0, 0.05) is 11.1 Å². The number of anilines is 1. The van der Waals surface area contributed by atoms with Crippen molar-refractivity contribution in [3.05, 3.63) is 60.4 Å². The lowest BCUT2D eigenvalue weighted by molar-refractivity contribution is 0.415. The molecule has 6 nitrogen and oxygen atoms in total. The van der Waals surface area contributed by atoms with E-state index in [4.69, 9.17) is 20.1 Å². The fourth-order valence-corrected chi connectivity index (χ4v) is 2.89. The van der Waals surface area contributed by atoms with E-state index in [1.807, 2.05) is 36.4 Å². The van der Waals surface area contributed by atoms with Crippen molar-refractivity contribution >= 4 is 16.9 Å². The molecule has 4 aromatic rings. The molecule has 126 valence electrons. The fourth-order valence-electron chi connectivity index (χ4n) is 2.89. The largest absolute Gasteiger partial charge is 0.497 e. The number of rotatable bonds is 3. The second-order valence-corrected chi connectivity index (χ2v) is 5.66. The average molecular weight is 342 g/mol. The summed E-state index contributed by atoms with van der Waals surface area (Å²) in [5.41, 5.74) is 9.64. The van der Waals surface area contributed by atoms with E-state index in [0.29, 0.717) is 28.2 Å². The lowest BCUT2D eigenvalue weighted by Gasteiger charge is -2.06. The predicted octanol–water partition coefficient (Wildman–Crippen LogP) is 4.02. The monoisotopic (exact) mass is 342 g/mol. The van der Waals surface area contributed by atoms with Crippen LogP contribution in [0.4, 0.5) is 5.82 Å². The molecule has 2 aromatic heterocycles. The van der Waals surface area contributed by atoms with Crippen LogP contribution in [0.25, 0.3) is 33.6 Å². The van der Waals surface area contributed by atoms with E-state index in [2.05, 4.69) is 16.0 Å². The molecule has 26 heavy (non-hydrogen) atoms. The van der Waals surface area contributed by atoms with Crippen molar-refractivity contribution in [1.82, 2.24) is 9.97 Å². The first-order valence-electron chi connectivity index (χ1n) is 7.89. The molecule has 0 unspecified atom stereocenters. The van der Waals surface area contributed by atoms with Crippen LogP contribution in [0.15, 0.2) is 59.3 Å². The molecular formula is C20H14N4O2. The number of nitrogens with zero attached hydrogens (tertiary/aromatic N) is 3. The maximum absolute atomic E-state index is 9.04. The Morgan fingerprint density at radius 3 is 2.35 bits per heavy atom. The molecule has 4 rings (SSSR count). The summed E-state index contributed by atoms with van der Waals surface area (Å²) in [6, 6.07) is 16.9. The van der Waals surface area contributed by atoms with Crippen molar-refractivity contribution in [2.45, 2.75) is 0 Å². The van der Waals surface area contributed by atoms with Gasteiger partial charge in [-0.2, -0.15) is 5.26 Å². The highest BCUT2D eigenvalue weighted by molar-refractivity contribution is 6.05. The molecule has 0 bridgehead atoms. The number of benzene rings is 2. The SMILES string of the molecule is COc1ccc(-c2oc3ncnc(N)c3c2-c2ccc(C#N)cc2)cc1. The quantitative estimate of drug-likeness (QED) is 0.604. The highest BCUT2D eigenvalue weighted by Gasteiger charge is 2.21. The van der Waals surface area contributed by atoms with Gasteiger partial charge in [0.05, 0.1) is 24.1 Å². The first-order valence-corrected chi connectivity index (χ1v) is 7.89. The molecule has 2 heterocycles. The predicted molar refractivity (Wildman–Crippen MR) is 98.4 cm³/mol. The van der Waals surface area contributed by atoms with Crippen molar-refractivity contribution in [2.24, 2.45) is 0 Å². The minimum atomic E-state index is 0.345. The van der Waals surface area contributed by atoms with Crippen LogP contribution in [-0.2, 0) is 0 Å². The summed E-state index contributed by atoms with van der Waals surface area (Å²) in [5.74, 6) is 1.74. The minimum Gasteiger partial charge on any atom is -0.497 e. The van der Waals surface area contributed by atoms with Crippen LogP contribution in [0.5, 0.6) is 5.75 Å². The highest BCUT2D eigenvalue weighted by atomic mass is 16.5. The minimum absolute atomic E-state index is 0.345. The number of fused-ring (bicyclic) bond motifs is 1. The number of hydrogen-bond acceptors (Lipinski definition) is 6. The normalized spacial score (nSPS) is 10.6. The van der Waals surface area contributed by atoms with Gasteiger partial charge >= 0.3 is 0 Å². The Balaban J connectivity index is 1.99. The molecule has 0 radical (unpaired) electrons. The Morgan fingerprint density at radius 2 is 1.69 bits per heavy atom.